The second-order valence-corrected chi connectivity index (χ2v) is 7.69. The molecule has 0 radical (unpaired) electrons. The number of primary amides is 2. The minimum atomic E-state index is -0.453. The molecule has 5 N–H and O–H groups in total. The van der Waals surface area contributed by atoms with Crippen molar-refractivity contribution in [3.05, 3.63) is 41.6 Å². The first kappa shape index (κ1) is 17.8. The Morgan fingerprint density at radius 1 is 1.26 bits per heavy atom. The number of rotatable bonds is 6. The highest BCUT2D eigenvalue weighted by Gasteiger charge is 2.34. The first-order valence-electron chi connectivity index (χ1n) is 9.22. The van der Waals surface area contributed by atoms with Gasteiger partial charge in [0.1, 0.15) is 0 Å². The van der Waals surface area contributed by atoms with Gasteiger partial charge in [0.2, 0.25) is 11.8 Å². The highest BCUT2D eigenvalue weighted by atomic mass is 16.2. The Bertz CT molecular complexity index is 916. The molecule has 1 aromatic heterocycles. The molecule has 7 heteroatoms. The van der Waals surface area contributed by atoms with Gasteiger partial charge in [-0.1, -0.05) is 18.2 Å². The third kappa shape index (κ3) is 3.36. The Morgan fingerprint density at radius 2 is 2.00 bits per heavy atom. The smallest absolute Gasteiger partial charge is 0.231 e. The molecule has 0 spiro atoms. The van der Waals surface area contributed by atoms with Gasteiger partial charge in [0.05, 0.1) is 13.1 Å². The van der Waals surface area contributed by atoms with E-state index in [-0.39, 0.29) is 19.0 Å². The van der Waals surface area contributed by atoms with Crippen LogP contribution in [0.1, 0.15) is 11.1 Å². The van der Waals surface area contributed by atoms with E-state index in [1.165, 1.54) is 22.1 Å². The van der Waals surface area contributed by atoms with Crippen LogP contribution in [-0.4, -0.2) is 65.9 Å². The molecule has 0 saturated carbocycles. The minimum Gasteiger partial charge on any atom is -0.369 e. The molecular weight excluding hydrogens is 342 g/mol. The monoisotopic (exact) mass is 367 g/mol. The molecule has 2 amide bonds. The van der Waals surface area contributed by atoms with Crippen molar-refractivity contribution in [3.8, 4) is 0 Å². The van der Waals surface area contributed by atoms with E-state index in [1.807, 2.05) is 0 Å². The lowest BCUT2D eigenvalue weighted by molar-refractivity contribution is -0.122. The SMILES string of the molecule is CN1C[C@H](CN(CC(N)=O)CC(N)=O)C=C2c3cccc4[nH]cc(c34)C[C@H]21. The van der Waals surface area contributed by atoms with Crippen LogP contribution in [0.4, 0.5) is 0 Å². The molecule has 0 fully saturated rings. The Morgan fingerprint density at radius 3 is 2.70 bits per heavy atom. The summed E-state index contributed by atoms with van der Waals surface area (Å²) < 4.78 is 0. The molecule has 0 saturated heterocycles. The van der Waals surface area contributed by atoms with Gasteiger partial charge >= 0.3 is 0 Å². The first-order chi connectivity index (χ1) is 12.9. The van der Waals surface area contributed by atoms with Gasteiger partial charge in [0.25, 0.3) is 0 Å². The van der Waals surface area contributed by atoms with Crippen LogP contribution in [0, 0.1) is 5.92 Å². The summed E-state index contributed by atoms with van der Waals surface area (Å²) in [5.41, 5.74) is 15.8. The second-order valence-electron chi connectivity index (χ2n) is 7.69. The van der Waals surface area contributed by atoms with E-state index in [9.17, 15) is 9.59 Å². The molecule has 2 heterocycles. The molecule has 0 bridgehead atoms. The van der Waals surface area contributed by atoms with Crippen LogP contribution in [0.2, 0.25) is 0 Å². The molecule has 2 aromatic rings. The number of aromatic amines is 1. The summed E-state index contributed by atoms with van der Waals surface area (Å²) in [5, 5.41) is 1.31. The predicted molar refractivity (Wildman–Crippen MR) is 105 cm³/mol. The molecule has 2 aliphatic rings. The average molecular weight is 367 g/mol. The Balaban J connectivity index is 1.66. The number of benzene rings is 1. The van der Waals surface area contributed by atoms with Gasteiger partial charge < -0.3 is 16.5 Å². The van der Waals surface area contributed by atoms with E-state index in [0.717, 1.165) is 18.5 Å². The van der Waals surface area contributed by atoms with Gasteiger partial charge in [0, 0.05) is 42.1 Å². The number of nitrogens with two attached hydrogens (primary N) is 2. The summed E-state index contributed by atoms with van der Waals surface area (Å²) in [6.07, 6.45) is 5.41. The molecule has 7 nitrogen and oxygen atoms in total. The lowest BCUT2D eigenvalue weighted by Crippen LogP contribution is -2.47. The fraction of sp³-hybridized carbons (Fsp3) is 0.400. The molecule has 4 rings (SSSR count). The summed E-state index contributed by atoms with van der Waals surface area (Å²) in [4.78, 5) is 30.2. The molecule has 2 atom stereocenters. The van der Waals surface area contributed by atoms with Crippen molar-refractivity contribution >= 4 is 28.3 Å². The zero-order chi connectivity index (χ0) is 19.1. The highest BCUT2D eigenvalue weighted by Crippen LogP contribution is 2.40. The second kappa shape index (κ2) is 6.83. The van der Waals surface area contributed by atoms with E-state index in [1.54, 1.807) is 4.90 Å². The summed E-state index contributed by atoms with van der Waals surface area (Å²) >= 11 is 0. The fourth-order valence-electron chi connectivity index (χ4n) is 4.62. The summed E-state index contributed by atoms with van der Waals surface area (Å²) in [6, 6.07) is 6.71. The van der Waals surface area contributed by atoms with E-state index in [2.05, 4.69) is 47.4 Å². The largest absolute Gasteiger partial charge is 0.369 e. The molecular formula is C20H25N5O2. The number of fused-ring (bicyclic) bond motifs is 2. The topological polar surface area (TPSA) is 108 Å². The van der Waals surface area contributed by atoms with Crippen molar-refractivity contribution in [3.63, 3.8) is 0 Å². The van der Waals surface area contributed by atoms with Crippen molar-refractivity contribution in [2.24, 2.45) is 17.4 Å². The summed E-state index contributed by atoms with van der Waals surface area (Å²) in [5.74, 6) is -0.716. The van der Waals surface area contributed by atoms with Crippen LogP contribution >= 0.6 is 0 Å². The van der Waals surface area contributed by atoms with Crippen LogP contribution in [0.5, 0.6) is 0 Å². The van der Waals surface area contributed by atoms with E-state index in [4.69, 9.17) is 11.5 Å². The van der Waals surface area contributed by atoms with Gasteiger partial charge in [0.15, 0.2) is 0 Å². The maximum absolute atomic E-state index is 11.4. The number of H-pyrrole nitrogens is 1. The number of nitrogens with zero attached hydrogens (tertiary/aromatic N) is 2. The van der Waals surface area contributed by atoms with Crippen molar-refractivity contribution in [1.82, 2.24) is 14.8 Å². The standard InChI is InChI=1S/C20H25N5O2/c1-24-8-12(9-25(10-18(21)26)11-19(22)27)5-15-14-3-2-4-16-20(14)13(7-23-16)6-17(15)24/h2-5,7,12,17,23H,6,8-11H2,1H3,(H2,21,26)(H2,22,27)/t12-,17-/m1/s1. The average Bonchev–Trinajstić information content (AvgIpc) is 2.99. The van der Waals surface area contributed by atoms with Crippen molar-refractivity contribution < 1.29 is 9.59 Å². The Kier molecular flexibility index (Phi) is 4.49. The number of amides is 2. The number of hydrogen-bond donors (Lipinski definition) is 3. The third-order valence-electron chi connectivity index (χ3n) is 5.59. The van der Waals surface area contributed by atoms with Gasteiger partial charge in [-0.2, -0.15) is 0 Å². The Labute approximate surface area is 158 Å². The van der Waals surface area contributed by atoms with Crippen LogP contribution in [0.3, 0.4) is 0 Å². The van der Waals surface area contributed by atoms with E-state index >= 15 is 0 Å². The number of carbonyl (C=O) groups excluding carboxylic acids is 2. The van der Waals surface area contributed by atoms with Crippen LogP contribution in [-0.2, 0) is 16.0 Å². The van der Waals surface area contributed by atoms with Crippen molar-refractivity contribution in [1.29, 1.82) is 0 Å². The van der Waals surface area contributed by atoms with Crippen molar-refractivity contribution in [2.45, 2.75) is 12.5 Å². The fourth-order valence-corrected chi connectivity index (χ4v) is 4.62. The lowest BCUT2D eigenvalue weighted by atomic mass is 9.80. The maximum atomic E-state index is 11.4. The number of hydrogen-bond acceptors (Lipinski definition) is 4. The molecule has 1 aliphatic heterocycles. The number of likely N-dealkylation sites (N-methyl/N-ethyl adjacent to an activating group) is 1. The van der Waals surface area contributed by atoms with Crippen LogP contribution in [0.25, 0.3) is 16.5 Å². The molecule has 142 valence electrons. The van der Waals surface area contributed by atoms with E-state index in [0.29, 0.717) is 12.6 Å². The minimum absolute atomic E-state index is 0.0350. The summed E-state index contributed by atoms with van der Waals surface area (Å²) in [6.45, 7) is 1.50. The molecule has 0 unspecified atom stereocenters. The van der Waals surface area contributed by atoms with Crippen LogP contribution < -0.4 is 11.5 Å². The van der Waals surface area contributed by atoms with Gasteiger partial charge in [-0.05, 0) is 36.2 Å². The van der Waals surface area contributed by atoms with Gasteiger partial charge in [-0.15, -0.1) is 0 Å². The zero-order valence-electron chi connectivity index (χ0n) is 15.4. The maximum Gasteiger partial charge on any atom is 0.231 e. The van der Waals surface area contributed by atoms with E-state index < -0.39 is 11.8 Å². The van der Waals surface area contributed by atoms with Crippen molar-refractivity contribution in [2.75, 3.05) is 33.2 Å². The normalized spacial score (nSPS) is 21.9. The summed E-state index contributed by atoms with van der Waals surface area (Å²) in [7, 11) is 2.13. The molecule has 1 aromatic carbocycles. The van der Waals surface area contributed by atoms with Gasteiger partial charge in [-0.25, -0.2) is 0 Å². The quantitative estimate of drug-likeness (QED) is 0.683. The number of nitrogens with one attached hydrogen (secondary N) is 1. The predicted octanol–water partition coefficient (Wildman–Crippen LogP) is 0.310. The zero-order valence-corrected chi connectivity index (χ0v) is 15.4. The Hall–Kier alpha value is -2.64. The van der Waals surface area contributed by atoms with Gasteiger partial charge in [-0.3, -0.25) is 19.4 Å². The first-order valence-corrected chi connectivity index (χ1v) is 9.22. The third-order valence-corrected chi connectivity index (χ3v) is 5.59. The molecule has 1 aliphatic carbocycles. The lowest BCUT2D eigenvalue weighted by Gasteiger charge is -2.41. The number of aromatic nitrogens is 1. The highest BCUT2D eigenvalue weighted by molar-refractivity contribution is 5.98. The van der Waals surface area contributed by atoms with Crippen LogP contribution in [0.15, 0.2) is 30.5 Å². The number of carbonyl (C=O) groups is 2. The molecule has 27 heavy (non-hydrogen) atoms.